The standard InChI is InChI=1S/C19H13FN2OS/c1-2-13-24-19-21-16-5-3-4-6-17(16)22(19)18(23)12-9-14-7-10-15(20)11-8-14/h1,3-12H,13H2/b12-9+. The highest BCUT2D eigenvalue weighted by atomic mass is 32.2. The Labute approximate surface area is 143 Å². The van der Waals surface area contributed by atoms with Crippen LogP contribution >= 0.6 is 11.8 Å². The number of imidazole rings is 1. The summed E-state index contributed by atoms with van der Waals surface area (Å²) in [7, 11) is 0. The third-order valence-electron chi connectivity index (χ3n) is 3.32. The van der Waals surface area contributed by atoms with E-state index in [4.69, 9.17) is 6.42 Å². The van der Waals surface area contributed by atoms with Crippen LogP contribution in [0.5, 0.6) is 0 Å². The van der Waals surface area contributed by atoms with Crippen LogP contribution in [-0.4, -0.2) is 21.2 Å². The van der Waals surface area contributed by atoms with Crippen LogP contribution in [0.2, 0.25) is 0 Å². The Morgan fingerprint density at radius 2 is 2.00 bits per heavy atom. The SMILES string of the molecule is C#CCSc1nc2ccccc2n1C(=O)/C=C/c1ccc(F)cc1. The van der Waals surface area contributed by atoms with Crippen LogP contribution < -0.4 is 0 Å². The molecule has 24 heavy (non-hydrogen) atoms. The average molecular weight is 336 g/mol. The molecular formula is C19H13FN2OS. The van der Waals surface area contributed by atoms with Crippen molar-refractivity contribution in [1.82, 2.24) is 9.55 Å². The molecule has 1 aromatic heterocycles. The molecule has 0 aliphatic rings. The summed E-state index contributed by atoms with van der Waals surface area (Å²) in [6.45, 7) is 0. The normalized spacial score (nSPS) is 11.0. The van der Waals surface area contributed by atoms with Crippen LogP contribution in [0, 0.1) is 18.2 Å². The minimum atomic E-state index is -0.313. The number of benzene rings is 2. The Balaban J connectivity index is 1.96. The van der Waals surface area contributed by atoms with E-state index in [1.807, 2.05) is 24.3 Å². The van der Waals surface area contributed by atoms with Crippen molar-refractivity contribution in [2.24, 2.45) is 0 Å². The Bertz CT molecular complexity index is 952. The maximum atomic E-state index is 12.9. The number of hydrogen-bond donors (Lipinski definition) is 0. The van der Waals surface area contributed by atoms with Gasteiger partial charge in [0.15, 0.2) is 5.16 Å². The lowest BCUT2D eigenvalue weighted by Gasteiger charge is -2.03. The maximum Gasteiger partial charge on any atom is 0.257 e. The van der Waals surface area contributed by atoms with Crippen LogP contribution in [0.3, 0.4) is 0 Å². The molecule has 0 aliphatic carbocycles. The second kappa shape index (κ2) is 7.16. The van der Waals surface area contributed by atoms with Gasteiger partial charge >= 0.3 is 0 Å². The van der Waals surface area contributed by atoms with Crippen molar-refractivity contribution >= 4 is 34.8 Å². The summed E-state index contributed by atoms with van der Waals surface area (Å²) < 4.78 is 14.5. The topological polar surface area (TPSA) is 34.9 Å². The van der Waals surface area contributed by atoms with Crippen LogP contribution in [0.25, 0.3) is 17.1 Å². The van der Waals surface area contributed by atoms with E-state index in [0.29, 0.717) is 10.9 Å². The summed E-state index contributed by atoms with van der Waals surface area (Å²) in [5, 5.41) is 0.558. The van der Waals surface area contributed by atoms with Crippen molar-refractivity contribution in [3.63, 3.8) is 0 Å². The van der Waals surface area contributed by atoms with E-state index in [2.05, 4.69) is 10.9 Å². The molecule has 0 atom stereocenters. The van der Waals surface area contributed by atoms with Crippen molar-refractivity contribution in [2.75, 3.05) is 5.75 Å². The van der Waals surface area contributed by atoms with Crippen molar-refractivity contribution < 1.29 is 9.18 Å². The molecule has 3 aromatic rings. The number of halogens is 1. The average Bonchev–Trinajstić information content (AvgIpc) is 2.97. The van der Waals surface area contributed by atoms with Gasteiger partial charge in [-0.15, -0.1) is 6.42 Å². The second-order valence-corrected chi connectivity index (χ2v) is 5.88. The molecule has 1 heterocycles. The minimum absolute atomic E-state index is 0.229. The second-order valence-electron chi connectivity index (χ2n) is 4.93. The molecule has 0 radical (unpaired) electrons. The molecule has 0 spiro atoms. The van der Waals surface area contributed by atoms with Gasteiger partial charge in [0.2, 0.25) is 0 Å². The highest BCUT2D eigenvalue weighted by Crippen LogP contribution is 2.24. The first-order chi connectivity index (χ1) is 11.7. The number of hydrogen-bond acceptors (Lipinski definition) is 3. The molecule has 5 heteroatoms. The van der Waals surface area contributed by atoms with Gasteiger partial charge in [-0.2, -0.15) is 0 Å². The highest BCUT2D eigenvalue weighted by Gasteiger charge is 2.14. The summed E-state index contributed by atoms with van der Waals surface area (Å²) in [6.07, 6.45) is 8.40. The first-order valence-electron chi connectivity index (χ1n) is 7.21. The fourth-order valence-corrected chi connectivity index (χ4v) is 2.93. The van der Waals surface area contributed by atoms with E-state index in [1.54, 1.807) is 18.2 Å². The van der Waals surface area contributed by atoms with E-state index in [-0.39, 0.29) is 11.7 Å². The number of carbonyl (C=O) groups excluding carboxylic acids is 1. The van der Waals surface area contributed by atoms with Gasteiger partial charge in [0.05, 0.1) is 16.8 Å². The maximum absolute atomic E-state index is 12.9. The van der Waals surface area contributed by atoms with Crippen LogP contribution in [-0.2, 0) is 0 Å². The largest absolute Gasteiger partial charge is 0.269 e. The Kier molecular flexibility index (Phi) is 4.78. The molecule has 0 N–H and O–H groups in total. The zero-order valence-corrected chi connectivity index (χ0v) is 13.5. The molecule has 3 rings (SSSR count). The van der Waals surface area contributed by atoms with Crippen molar-refractivity contribution in [3.8, 4) is 12.3 Å². The van der Waals surface area contributed by atoms with E-state index in [1.165, 1.54) is 34.5 Å². The number of fused-ring (bicyclic) bond motifs is 1. The zero-order chi connectivity index (χ0) is 16.9. The molecule has 3 nitrogen and oxygen atoms in total. The van der Waals surface area contributed by atoms with Crippen LogP contribution in [0.4, 0.5) is 4.39 Å². The van der Waals surface area contributed by atoms with Gasteiger partial charge in [-0.05, 0) is 35.9 Å². The van der Waals surface area contributed by atoms with Gasteiger partial charge in [-0.25, -0.2) is 9.37 Å². The predicted octanol–water partition coefficient (Wildman–Crippen LogP) is 4.25. The van der Waals surface area contributed by atoms with Gasteiger partial charge in [0, 0.05) is 6.08 Å². The number of carbonyl (C=O) groups is 1. The number of terminal acetylenes is 1. The van der Waals surface area contributed by atoms with Crippen LogP contribution in [0.15, 0.2) is 59.8 Å². The first kappa shape index (κ1) is 16.0. The monoisotopic (exact) mass is 336 g/mol. The summed E-state index contributed by atoms with van der Waals surface area (Å²) in [6, 6.07) is 13.3. The summed E-state index contributed by atoms with van der Waals surface area (Å²) in [4.78, 5) is 17.1. The van der Waals surface area contributed by atoms with E-state index < -0.39 is 0 Å². The number of rotatable bonds is 4. The minimum Gasteiger partial charge on any atom is -0.269 e. The number of aromatic nitrogens is 2. The quantitative estimate of drug-likeness (QED) is 0.406. The third kappa shape index (κ3) is 3.39. The molecule has 0 amide bonds. The number of nitrogens with zero attached hydrogens (tertiary/aromatic N) is 2. The molecule has 0 unspecified atom stereocenters. The summed E-state index contributed by atoms with van der Waals surface area (Å²) in [5.41, 5.74) is 2.21. The Morgan fingerprint density at radius 3 is 2.75 bits per heavy atom. The van der Waals surface area contributed by atoms with E-state index in [9.17, 15) is 9.18 Å². The predicted molar refractivity (Wildman–Crippen MR) is 95.4 cm³/mol. The smallest absolute Gasteiger partial charge is 0.257 e. The fraction of sp³-hybridized carbons (Fsp3) is 0.0526. The molecule has 0 bridgehead atoms. The van der Waals surface area contributed by atoms with Crippen LogP contribution in [0.1, 0.15) is 10.4 Å². The fourth-order valence-electron chi connectivity index (χ4n) is 2.24. The Hall–Kier alpha value is -2.84. The van der Waals surface area contributed by atoms with Gasteiger partial charge in [0.1, 0.15) is 5.82 Å². The zero-order valence-electron chi connectivity index (χ0n) is 12.6. The van der Waals surface area contributed by atoms with Gasteiger partial charge < -0.3 is 0 Å². The molecule has 118 valence electrons. The van der Waals surface area contributed by atoms with Crippen molar-refractivity contribution in [2.45, 2.75) is 5.16 Å². The van der Waals surface area contributed by atoms with Crippen molar-refractivity contribution in [3.05, 3.63) is 66.0 Å². The van der Waals surface area contributed by atoms with Crippen molar-refractivity contribution in [1.29, 1.82) is 0 Å². The lowest BCUT2D eigenvalue weighted by molar-refractivity contribution is 0.0965. The molecular weight excluding hydrogens is 323 g/mol. The number of para-hydroxylation sites is 2. The Morgan fingerprint density at radius 1 is 1.25 bits per heavy atom. The lowest BCUT2D eigenvalue weighted by atomic mass is 10.2. The van der Waals surface area contributed by atoms with E-state index >= 15 is 0 Å². The molecule has 2 aromatic carbocycles. The summed E-state index contributed by atoms with van der Waals surface area (Å²) >= 11 is 1.34. The lowest BCUT2D eigenvalue weighted by Crippen LogP contribution is -2.08. The van der Waals surface area contributed by atoms with Gasteiger partial charge in [0.25, 0.3) is 5.91 Å². The third-order valence-corrected chi connectivity index (χ3v) is 4.17. The molecule has 0 fully saturated rings. The molecule has 0 saturated carbocycles. The molecule has 0 aliphatic heterocycles. The molecule has 0 saturated heterocycles. The first-order valence-corrected chi connectivity index (χ1v) is 8.19. The number of thioether (sulfide) groups is 1. The summed E-state index contributed by atoms with van der Waals surface area (Å²) in [5.74, 6) is 2.42. The van der Waals surface area contributed by atoms with Gasteiger partial charge in [-0.3, -0.25) is 9.36 Å². The van der Waals surface area contributed by atoms with E-state index in [0.717, 1.165) is 16.6 Å². The van der Waals surface area contributed by atoms with Gasteiger partial charge in [-0.1, -0.05) is 41.9 Å². The number of allylic oxidation sites excluding steroid dienone is 1. The highest BCUT2D eigenvalue weighted by molar-refractivity contribution is 7.99.